The third kappa shape index (κ3) is 3.12. The van der Waals surface area contributed by atoms with Gasteiger partial charge in [0.15, 0.2) is 17.7 Å². The van der Waals surface area contributed by atoms with E-state index >= 15 is 0 Å². The number of benzene rings is 2. The van der Waals surface area contributed by atoms with Gasteiger partial charge in [-0.3, -0.25) is 5.21 Å². The third-order valence-electron chi connectivity index (χ3n) is 3.36. The predicted molar refractivity (Wildman–Crippen MR) is 78.8 cm³/mol. The second kappa shape index (κ2) is 6.36. The monoisotopic (exact) mass is 300 g/mol. The number of hydrogen-bond acceptors (Lipinski definition) is 4. The Morgan fingerprint density at radius 3 is 2.82 bits per heavy atom. The van der Waals surface area contributed by atoms with Gasteiger partial charge in [-0.1, -0.05) is 42.5 Å². The number of urea groups is 1. The van der Waals surface area contributed by atoms with Crippen molar-refractivity contribution in [3.63, 3.8) is 0 Å². The van der Waals surface area contributed by atoms with Crippen LogP contribution >= 0.6 is 0 Å². The van der Waals surface area contributed by atoms with E-state index in [1.54, 1.807) is 0 Å². The van der Waals surface area contributed by atoms with Crippen molar-refractivity contribution < 1.29 is 19.5 Å². The predicted octanol–water partition coefficient (Wildman–Crippen LogP) is 2.21. The summed E-state index contributed by atoms with van der Waals surface area (Å²) < 4.78 is 11.5. The van der Waals surface area contributed by atoms with Gasteiger partial charge in [0.25, 0.3) is 0 Å². The molecule has 2 aromatic carbocycles. The molecule has 1 unspecified atom stereocenters. The van der Waals surface area contributed by atoms with Gasteiger partial charge in [-0.15, -0.1) is 0 Å². The van der Waals surface area contributed by atoms with Crippen LogP contribution in [0.3, 0.4) is 0 Å². The fraction of sp³-hybridized carbons (Fsp3) is 0.188. The SMILES string of the molecule is O=C(NO)NC1Cc2cccc(OCc3ccccc3)c2O1. The van der Waals surface area contributed by atoms with Crippen LogP contribution in [0.15, 0.2) is 48.5 Å². The van der Waals surface area contributed by atoms with Crippen LogP contribution in [0.2, 0.25) is 0 Å². The Labute approximate surface area is 127 Å². The molecule has 1 atom stereocenters. The highest BCUT2D eigenvalue weighted by atomic mass is 16.5. The average Bonchev–Trinajstić information content (AvgIpc) is 2.96. The van der Waals surface area contributed by atoms with Crippen LogP contribution in [-0.2, 0) is 13.0 Å². The van der Waals surface area contributed by atoms with E-state index in [-0.39, 0.29) is 0 Å². The highest BCUT2D eigenvalue weighted by molar-refractivity contribution is 5.73. The molecule has 1 heterocycles. The van der Waals surface area contributed by atoms with Crippen LogP contribution in [0.5, 0.6) is 11.5 Å². The lowest BCUT2D eigenvalue weighted by atomic mass is 10.1. The first-order chi connectivity index (χ1) is 10.8. The summed E-state index contributed by atoms with van der Waals surface area (Å²) in [7, 11) is 0. The van der Waals surface area contributed by atoms with Gasteiger partial charge in [0, 0.05) is 12.0 Å². The summed E-state index contributed by atoms with van der Waals surface area (Å²) in [5.74, 6) is 1.26. The fourth-order valence-electron chi connectivity index (χ4n) is 2.35. The van der Waals surface area contributed by atoms with Crippen molar-refractivity contribution >= 4 is 6.03 Å². The largest absolute Gasteiger partial charge is 0.485 e. The molecule has 0 radical (unpaired) electrons. The summed E-state index contributed by atoms with van der Waals surface area (Å²) in [5, 5.41) is 11.0. The summed E-state index contributed by atoms with van der Waals surface area (Å²) in [4.78, 5) is 11.1. The second-order valence-electron chi connectivity index (χ2n) is 4.91. The van der Waals surface area contributed by atoms with Crippen LogP contribution in [0.1, 0.15) is 11.1 Å². The molecule has 3 N–H and O–H groups in total. The molecule has 6 heteroatoms. The number of rotatable bonds is 4. The van der Waals surface area contributed by atoms with Gasteiger partial charge < -0.3 is 14.8 Å². The molecule has 6 nitrogen and oxygen atoms in total. The van der Waals surface area contributed by atoms with Gasteiger partial charge in [-0.2, -0.15) is 0 Å². The number of ether oxygens (including phenoxy) is 2. The lowest BCUT2D eigenvalue weighted by molar-refractivity contribution is 0.135. The lowest BCUT2D eigenvalue weighted by Crippen LogP contribution is -2.43. The fourth-order valence-corrected chi connectivity index (χ4v) is 2.35. The maximum atomic E-state index is 11.1. The van der Waals surface area contributed by atoms with Crippen molar-refractivity contribution in [1.82, 2.24) is 10.8 Å². The van der Waals surface area contributed by atoms with Crippen LogP contribution in [0.25, 0.3) is 0 Å². The van der Waals surface area contributed by atoms with Gasteiger partial charge in [0.05, 0.1) is 0 Å². The van der Waals surface area contributed by atoms with Gasteiger partial charge >= 0.3 is 6.03 Å². The zero-order valence-corrected chi connectivity index (χ0v) is 11.8. The van der Waals surface area contributed by atoms with E-state index in [2.05, 4.69) is 5.32 Å². The smallest absolute Gasteiger partial charge is 0.341 e. The maximum absolute atomic E-state index is 11.1. The Bertz CT molecular complexity index is 660. The molecule has 0 spiro atoms. The van der Waals surface area contributed by atoms with Gasteiger partial charge in [0.1, 0.15) is 6.61 Å². The molecule has 2 aromatic rings. The molecule has 1 aliphatic heterocycles. The summed E-state index contributed by atoms with van der Waals surface area (Å²) in [6.45, 7) is 0.440. The zero-order valence-electron chi connectivity index (χ0n) is 11.8. The quantitative estimate of drug-likeness (QED) is 0.597. The van der Waals surface area contributed by atoms with E-state index in [4.69, 9.17) is 14.7 Å². The number of hydrogen-bond donors (Lipinski definition) is 3. The molecule has 0 aliphatic carbocycles. The Kier molecular flexibility index (Phi) is 4.11. The van der Waals surface area contributed by atoms with E-state index in [1.807, 2.05) is 48.5 Å². The van der Waals surface area contributed by atoms with Crippen LogP contribution < -0.4 is 20.3 Å². The van der Waals surface area contributed by atoms with Crippen LogP contribution in [0.4, 0.5) is 4.79 Å². The number of nitrogens with one attached hydrogen (secondary N) is 2. The van der Waals surface area contributed by atoms with Crippen molar-refractivity contribution in [3.05, 3.63) is 59.7 Å². The van der Waals surface area contributed by atoms with E-state index in [0.717, 1.165) is 11.1 Å². The first-order valence-corrected chi connectivity index (χ1v) is 6.92. The Morgan fingerprint density at radius 1 is 1.23 bits per heavy atom. The maximum Gasteiger partial charge on any atom is 0.341 e. The van der Waals surface area contributed by atoms with Crippen molar-refractivity contribution in [2.45, 2.75) is 19.3 Å². The summed E-state index contributed by atoms with van der Waals surface area (Å²) in [5.41, 5.74) is 3.53. The van der Waals surface area contributed by atoms with Crippen molar-refractivity contribution in [2.75, 3.05) is 0 Å². The van der Waals surface area contributed by atoms with E-state index < -0.39 is 12.3 Å². The highest BCUT2D eigenvalue weighted by Gasteiger charge is 2.27. The molecule has 0 saturated heterocycles. The number of amides is 2. The molecule has 114 valence electrons. The van der Waals surface area contributed by atoms with Gasteiger partial charge in [0.2, 0.25) is 0 Å². The minimum Gasteiger partial charge on any atom is -0.485 e. The lowest BCUT2D eigenvalue weighted by Gasteiger charge is -2.13. The third-order valence-corrected chi connectivity index (χ3v) is 3.36. The van der Waals surface area contributed by atoms with Crippen molar-refractivity contribution in [1.29, 1.82) is 0 Å². The van der Waals surface area contributed by atoms with Gasteiger partial charge in [-0.05, 0) is 11.6 Å². The highest BCUT2D eigenvalue weighted by Crippen LogP contribution is 2.37. The van der Waals surface area contributed by atoms with Gasteiger partial charge in [-0.25, -0.2) is 10.3 Å². The first-order valence-electron chi connectivity index (χ1n) is 6.92. The van der Waals surface area contributed by atoms with Crippen LogP contribution in [0, 0.1) is 0 Å². The number of carbonyl (C=O) groups is 1. The average molecular weight is 300 g/mol. The number of carbonyl (C=O) groups excluding carboxylic acids is 1. The number of fused-ring (bicyclic) bond motifs is 1. The molecular weight excluding hydrogens is 284 g/mol. The van der Waals surface area contributed by atoms with E-state index in [1.165, 1.54) is 5.48 Å². The van der Waals surface area contributed by atoms with Crippen LogP contribution in [-0.4, -0.2) is 17.5 Å². The molecule has 3 rings (SSSR count). The molecule has 22 heavy (non-hydrogen) atoms. The molecule has 2 amide bonds. The molecule has 0 bridgehead atoms. The summed E-state index contributed by atoms with van der Waals surface area (Å²) >= 11 is 0. The zero-order chi connectivity index (χ0) is 15.4. The number of hydroxylamine groups is 1. The Morgan fingerprint density at radius 2 is 2.05 bits per heavy atom. The summed E-state index contributed by atoms with van der Waals surface area (Å²) in [6.07, 6.45) is -0.00528. The standard InChI is InChI=1S/C16H16N2O4/c19-16(18-20)17-14-9-12-7-4-8-13(15(12)22-14)21-10-11-5-2-1-3-6-11/h1-8,14,20H,9-10H2,(H2,17,18,19). The van der Waals surface area contributed by atoms with E-state index in [9.17, 15) is 4.79 Å². The van der Waals surface area contributed by atoms with E-state index in [0.29, 0.717) is 24.5 Å². The first kappa shape index (κ1) is 14.2. The molecular formula is C16H16N2O4. The molecule has 0 fully saturated rings. The Balaban J connectivity index is 1.68. The normalized spacial score (nSPS) is 15.6. The minimum absolute atomic E-state index is 0.440. The molecule has 1 aliphatic rings. The summed E-state index contributed by atoms with van der Waals surface area (Å²) in [6, 6.07) is 14.8. The number of para-hydroxylation sites is 1. The van der Waals surface area contributed by atoms with Crippen molar-refractivity contribution in [2.24, 2.45) is 0 Å². The Hall–Kier alpha value is -2.73. The second-order valence-corrected chi connectivity index (χ2v) is 4.91. The molecule has 0 saturated carbocycles. The topological polar surface area (TPSA) is 79.8 Å². The van der Waals surface area contributed by atoms with Crippen molar-refractivity contribution in [3.8, 4) is 11.5 Å². The minimum atomic E-state index is -0.704. The molecule has 0 aromatic heterocycles.